The number of quaternary nitrogens is 1. The van der Waals surface area contributed by atoms with E-state index in [9.17, 15) is 4.79 Å². The van der Waals surface area contributed by atoms with Gasteiger partial charge in [-0.1, -0.05) is 6.07 Å². The summed E-state index contributed by atoms with van der Waals surface area (Å²) >= 11 is 0. The van der Waals surface area contributed by atoms with E-state index in [-0.39, 0.29) is 5.91 Å². The van der Waals surface area contributed by atoms with Gasteiger partial charge in [-0.05, 0) is 19.1 Å². The lowest BCUT2D eigenvalue weighted by Crippen LogP contribution is -2.85. The van der Waals surface area contributed by atoms with Crippen LogP contribution in [0.15, 0.2) is 24.3 Å². The van der Waals surface area contributed by atoms with E-state index in [0.717, 1.165) is 18.0 Å². The first-order valence-corrected chi connectivity index (χ1v) is 5.02. The minimum atomic E-state index is 0.00473. The van der Waals surface area contributed by atoms with Gasteiger partial charge >= 0.3 is 0 Å². The number of amides is 1. The summed E-state index contributed by atoms with van der Waals surface area (Å²) in [6.07, 6.45) is 0. The molecule has 0 aliphatic carbocycles. The van der Waals surface area contributed by atoms with Gasteiger partial charge in [0.15, 0.2) is 6.54 Å². The molecule has 0 atom stereocenters. The molecule has 0 aliphatic heterocycles. The Morgan fingerprint density at radius 3 is 3.00 bits per heavy atom. The first kappa shape index (κ1) is 11.5. The summed E-state index contributed by atoms with van der Waals surface area (Å²) in [5, 5.41) is 4.74. The van der Waals surface area contributed by atoms with Crippen LogP contribution in [-0.4, -0.2) is 26.1 Å². The standard InChI is InChI=1S/C11H16N2O2/c1-3-12-8-11(14)13-9-5-4-6-10(7-9)15-2/h4-7,12H,3,8H2,1-2H3,(H,13,14)/p+1. The van der Waals surface area contributed by atoms with Gasteiger partial charge in [0.1, 0.15) is 5.75 Å². The first-order valence-electron chi connectivity index (χ1n) is 5.02. The normalized spacial score (nSPS) is 9.73. The largest absolute Gasteiger partial charge is 0.497 e. The third-order valence-corrected chi connectivity index (χ3v) is 1.97. The number of hydrogen-bond acceptors (Lipinski definition) is 2. The molecule has 0 saturated carbocycles. The smallest absolute Gasteiger partial charge is 0.279 e. The molecule has 0 aliphatic rings. The number of benzene rings is 1. The van der Waals surface area contributed by atoms with Crippen molar-refractivity contribution in [1.82, 2.24) is 0 Å². The average Bonchev–Trinajstić information content (AvgIpc) is 2.26. The molecule has 4 heteroatoms. The molecule has 3 N–H and O–H groups in total. The SMILES string of the molecule is CC[NH2+]CC(=O)Nc1cccc(OC)c1. The Bertz CT molecular complexity index is 326. The highest BCUT2D eigenvalue weighted by molar-refractivity contribution is 5.91. The van der Waals surface area contributed by atoms with Crippen molar-refractivity contribution in [2.75, 3.05) is 25.5 Å². The number of carbonyl (C=O) groups excluding carboxylic acids is 1. The number of anilines is 1. The summed E-state index contributed by atoms with van der Waals surface area (Å²) in [6, 6.07) is 7.32. The van der Waals surface area contributed by atoms with Gasteiger partial charge in [0.25, 0.3) is 5.91 Å². The van der Waals surface area contributed by atoms with Crippen molar-refractivity contribution < 1.29 is 14.8 Å². The van der Waals surface area contributed by atoms with Gasteiger partial charge in [0, 0.05) is 11.8 Å². The summed E-state index contributed by atoms with van der Waals surface area (Å²) in [7, 11) is 1.60. The highest BCUT2D eigenvalue weighted by atomic mass is 16.5. The zero-order valence-electron chi connectivity index (χ0n) is 9.12. The summed E-state index contributed by atoms with van der Waals surface area (Å²) in [5.41, 5.74) is 0.767. The van der Waals surface area contributed by atoms with Crippen LogP contribution in [0.25, 0.3) is 0 Å². The Labute approximate surface area is 89.6 Å². The third-order valence-electron chi connectivity index (χ3n) is 1.97. The van der Waals surface area contributed by atoms with Crippen LogP contribution in [0, 0.1) is 0 Å². The topological polar surface area (TPSA) is 54.9 Å². The molecule has 0 radical (unpaired) electrons. The zero-order chi connectivity index (χ0) is 11.1. The van der Waals surface area contributed by atoms with E-state index in [2.05, 4.69) is 5.32 Å². The van der Waals surface area contributed by atoms with Gasteiger partial charge in [-0.2, -0.15) is 0 Å². The van der Waals surface area contributed by atoms with Gasteiger partial charge in [-0.15, -0.1) is 0 Å². The second-order valence-electron chi connectivity index (χ2n) is 3.18. The van der Waals surface area contributed by atoms with E-state index in [1.807, 2.05) is 30.4 Å². The number of ether oxygens (including phenoxy) is 1. The maximum Gasteiger partial charge on any atom is 0.279 e. The molecule has 0 fully saturated rings. The second-order valence-corrected chi connectivity index (χ2v) is 3.18. The Balaban J connectivity index is 2.52. The van der Waals surface area contributed by atoms with E-state index >= 15 is 0 Å². The number of carbonyl (C=O) groups is 1. The van der Waals surface area contributed by atoms with Gasteiger partial charge in [-0.25, -0.2) is 0 Å². The molecule has 0 spiro atoms. The maximum absolute atomic E-state index is 11.4. The van der Waals surface area contributed by atoms with E-state index in [1.165, 1.54) is 0 Å². The van der Waals surface area contributed by atoms with E-state index < -0.39 is 0 Å². The average molecular weight is 209 g/mol. The van der Waals surface area contributed by atoms with Gasteiger partial charge < -0.3 is 15.4 Å². The van der Waals surface area contributed by atoms with Crippen LogP contribution in [0.4, 0.5) is 5.69 Å². The minimum absolute atomic E-state index is 0.00473. The Morgan fingerprint density at radius 1 is 1.53 bits per heavy atom. The van der Waals surface area contributed by atoms with Crippen molar-refractivity contribution in [1.29, 1.82) is 0 Å². The highest BCUT2D eigenvalue weighted by Gasteiger charge is 2.03. The number of methoxy groups -OCH3 is 1. The Hall–Kier alpha value is -1.55. The molecule has 1 aromatic rings. The van der Waals surface area contributed by atoms with E-state index in [4.69, 9.17) is 4.74 Å². The molecule has 82 valence electrons. The van der Waals surface area contributed by atoms with Crippen molar-refractivity contribution in [2.24, 2.45) is 0 Å². The summed E-state index contributed by atoms with van der Waals surface area (Å²) in [5.74, 6) is 0.748. The molecule has 4 nitrogen and oxygen atoms in total. The number of rotatable bonds is 5. The molecule has 1 aromatic carbocycles. The van der Waals surface area contributed by atoms with Crippen molar-refractivity contribution in [2.45, 2.75) is 6.92 Å². The second kappa shape index (κ2) is 6.03. The van der Waals surface area contributed by atoms with Crippen LogP contribution in [0.1, 0.15) is 6.92 Å². The molecular formula is C11H17N2O2+. The predicted molar refractivity (Wildman–Crippen MR) is 59.0 cm³/mol. The van der Waals surface area contributed by atoms with Crippen LogP contribution in [0.3, 0.4) is 0 Å². The molecule has 15 heavy (non-hydrogen) atoms. The summed E-state index contributed by atoms with van der Waals surface area (Å²) < 4.78 is 5.06. The lowest BCUT2D eigenvalue weighted by molar-refractivity contribution is -0.640. The highest BCUT2D eigenvalue weighted by Crippen LogP contribution is 2.16. The third kappa shape index (κ3) is 3.99. The number of hydrogen-bond donors (Lipinski definition) is 2. The van der Waals surface area contributed by atoms with Crippen molar-refractivity contribution in [3.05, 3.63) is 24.3 Å². The fourth-order valence-electron chi connectivity index (χ4n) is 1.19. The fraction of sp³-hybridized carbons (Fsp3) is 0.364. The Morgan fingerprint density at radius 2 is 2.33 bits per heavy atom. The molecule has 0 unspecified atom stereocenters. The lowest BCUT2D eigenvalue weighted by Gasteiger charge is -2.05. The predicted octanol–water partition coefficient (Wildman–Crippen LogP) is 0.217. The molecular weight excluding hydrogens is 192 g/mol. The van der Waals surface area contributed by atoms with Crippen LogP contribution < -0.4 is 15.4 Å². The molecule has 1 rings (SSSR count). The van der Waals surface area contributed by atoms with E-state index in [1.54, 1.807) is 13.2 Å². The van der Waals surface area contributed by atoms with Gasteiger partial charge in [-0.3, -0.25) is 4.79 Å². The van der Waals surface area contributed by atoms with Crippen molar-refractivity contribution >= 4 is 11.6 Å². The molecule has 0 aromatic heterocycles. The fourth-order valence-corrected chi connectivity index (χ4v) is 1.19. The van der Waals surface area contributed by atoms with Crippen molar-refractivity contribution in [3.63, 3.8) is 0 Å². The maximum atomic E-state index is 11.4. The zero-order valence-corrected chi connectivity index (χ0v) is 9.12. The Kier molecular flexibility index (Phi) is 4.63. The van der Waals surface area contributed by atoms with Crippen molar-refractivity contribution in [3.8, 4) is 5.75 Å². The van der Waals surface area contributed by atoms with Gasteiger partial charge in [0.05, 0.1) is 13.7 Å². The molecule has 0 heterocycles. The lowest BCUT2D eigenvalue weighted by atomic mass is 10.3. The van der Waals surface area contributed by atoms with E-state index in [0.29, 0.717) is 6.54 Å². The first-order chi connectivity index (χ1) is 7.26. The summed E-state index contributed by atoms with van der Waals surface area (Å²) in [4.78, 5) is 11.4. The number of nitrogens with two attached hydrogens (primary N) is 1. The van der Waals surface area contributed by atoms with Crippen LogP contribution in [0.5, 0.6) is 5.75 Å². The quantitative estimate of drug-likeness (QED) is 0.728. The van der Waals surface area contributed by atoms with Crippen LogP contribution >= 0.6 is 0 Å². The molecule has 0 bridgehead atoms. The van der Waals surface area contributed by atoms with Gasteiger partial charge in [0.2, 0.25) is 0 Å². The van der Waals surface area contributed by atoms with Crippen LogP contribution in [-0.2, 0) is 4.79 Å². The number of likely N-dealkylation sites (N-methyl/N-ethyl adjacent to an activating group) is 1. The number of nitrogens with one attached hydrogen (secondary N) is 1. The monoisotopic (exact) mass is 209 g/mol. The molecule has 1 amide bonds. The molecule has 0 saturated heterocycles. The van der Waals surface area contributed by atoms with Crippen LogP contribution in [0.2, 0.25) is 0 Å². The minimum Gasteiger partial charge on any atom is -0.497 e. The summed E-state index contributed by atoms with van der Waals surface area (Å²) in [6.45, 7) is 3.37.